The predicted molar refractivity (Wildman–Crippen MR) is 76.4 cm³/mol. The summed E-state index contributed by atoms with van der Waals surface area (Å²) in [5, 5.41) is 2.94. The Hall–Kier alpha value is -0.990. The van der Waals surface area contributed by atoms with Gasteiger partial charge in [0.1, 0.15) is 0 Å². The molecule has 1 fully saturated rings. The van der Waals surface area contributed by atoms with Crippen LogP contribution in [0.2, 0.25) is 0 Å². The summed E-state index contributed by atoms with van der Waals surface area (Å²) in [6.07, 6.45) is 7.11. The first kappa shape index (κ1) is 15.1. The fourth-order valence-corrected chi connectivity index (χ4v) is 2.68. The Morgan fingerprint density at radius 2 is 1.89 bits per heavy atom. The molecule has 3 nitrogen and oxygen atoms in total. The first-order chi connectivity index (χ1) is 8.36. The molecule has 0 spiro atoms. The van der Waals surface area contributed by atoms with Crippen LogP contribution < -0.4 is 5.32 Å². The summed E-state index contributed by atoms with van der Waals surface area (Å²) in [4.78, 5) is 14.0. The van der Waals surface area contributed by atoms with Crippen LogP contribution in [0.4, 0.5) is 4.79 Å². The molecule has 0 saturated heterocycles. The molecule has 1 saturated carbocycles. The maximum Gasteiger partial charge on any atom is 0.321 e. The standard InChI is InChI=1S/C15H28N2O/c1-6-17(15(3,4)5)14(18)16-11-12(2)13-9-7-8-10-13/h11,13H,6-10H2,1-5H3,(H,16,18)/b12-11+. The molecule has 1 rings (SSSR count). The third kappa shape index (κ3) is 4.04. The van der Waals surface area contributed by atoms with Crippen molar-refractivity contribution in [2.75, 3.05) is 6.54 Å². The summed E-state index contributed by atoms with van der Waals surface area (Å²) >= 11 is 0. The van der Waals surface area contributed by atoms with Gasteiger partial charge in [-0.1, -0.05) is 18.4 Å². The van der Waals surface area contributed by atoms with Gasteiger partial charge in [0.15, 0.2) is 0 Å². The van der Waals surface area contributed by atoms with Crippen LogP contribution in [0.3, 0.4) is 0 Å². The Balaban J connectivity index is 2.55. The van der Waals surface area contributed by atoms with E-state index >= 15 is 0 Å². The Morgan fingerprint density at radius 1 is 1.33 bits per heavy atom. The topological polar surface area (TPSA) is 32.3 Å². The zero-order valence-electron chi connectivity index (χ0n) is 12.5. The van der Waals surface area contributed by atoms with Crippen LogP contribution in [-0.4, -0.2) is 23.0 Å². The minimum Gasteiger partial charge on any atom is -0.320 e. The Kier molecular flexibility index (Phi) is 5.24. The Bertz CT molecular complexity index is 309. The van der Waals surface area contributed by atoms with Gasteiger partial charge >= 0.3 is 6.03 Å². The molecule has 18 heavy (non-hydrogen) atoms. The van der Waals surface area contributed by atoms with Gasteiger partial charge in [0.25, 0.3) is 0 Å². The lowest BCUT2D eigenvalue weighted by Crippen LogP contribution is -2.49. The smallest absolute Gasteiger partial charge is 0.320 e. The zero-order chi connectivity index (χ0) is 13.8. The number of allylic oxidation sites excluding steroid dienone is 1. The van der Waals surface area contributed by atoms with Crippen molar-refractivity contribution in [3.8, 4) is 0 Å². The molecule has 1 aliphatic carbocycles. The van der Waals surface area contributed by atoms with Crippen LogP contribution in [0.5, 0.6) is 0 Å². The van der Waals surface area contributed by atoms with Crippen molar-refractivity contribution in [2.45, 2.75) is 65.8 Å². The number of amides is 2. The molecule has 0 bridgehead atoms. The molecule has 0 aromatic rings. The van der Waals surface area contributed by atoms with E-state index in [0.29, 0.717) is 5.92 Å². The van der Waals surface area contributed by atoms with Gasteiger partial charge in [0, 0.05) is 18.3 Å². The first-order valence-electron chi connectivity index (χ1n) is 7.11. The lowest BCUT2D eigenvalue weighted by molar-refractivity contribution is 0.153. The lowest BCUT2D eigenvalue weighted by Gasteiger charge is -2.34. The van der Waals surface area contributed by atoms with Crippen molar-refractivity contribution in [3.05, 3.63) is 11.8 Å². The second-order valence-corrected chi connectivity index (χ2v) is 6.23. The monoisotopic (exact) mass is 252 g/mol. The molecule has 1 aliphatic rings. The van der Waals surface area contributed by atoms with Crippen molar-refractivity contribution < 1.29 is 4.79 Å². The van der Waals surface area contributed by atoms with Crippen molar-refractivity contribution in [3.63, 3.8) is 0 Å². The molecular weight excluding hydrogens is 224 g/mol. The average molecular weight is 252 g/mol. The second kappa shape index (κ2) is 6.26. The second-order valence-electron chi connectivity index (χ2n) is 6.23. The molecule has 0 aromatic heterocycles. The molecule has 0 aliphatic heterocycles. The third-order valence-electron chi connectivity index (χ3n) is 3.79. The van der Waals surface area contributed by atoms with E-state index < -0.39 is 0 Å². The normalized spacial score (nSPS) is 17.9. The van der Waals surface area contributed by atoms with E-state index in [4.69, 9.17) is 0 Å². The van der Waals surface area contributed by atoms with Gasteiger partial charge in [-0.05, 0) is 53.4 Å². The van der Waals surface area contributed by atoms with Gasteiger partial charge in [-0.15, -0.1) is 0 Å². The van der Waals surface area contributed by atoms with E-state index in [1.165, 1.54) is 31.3 Å². The van der Waals surface area contributed by atoms with Crippen LogP contribution in [0.1, 0.15) is 60.3 Å². The SMILES string of the molecule is CCN(C(=O)N/C=C(\C)C1CCCC1)C(C)(C)C. The van der Waals surface area contributed by atoms with E-state index in [2.05, 4.69) is 33.0 Å². The first-order valence-corrected chi connectivity index (χ1v) is 7.11. The van der Waals surface area contributed by atoms with Crippen LogP contribution in [0, 0.1) is 5.92 Å². The van der Waals surface area contributed by atoms with E-state index in [-0.39, 0.29) is 11.6 Å². The molecular formula is C15H28N2O. The number of hydrogen-bond donors (Lipinski definition) is 1. The fourth-order valence-electron chi connectivity index (χ4n) is 2.68. The zero-order valence-corrected chi connectivity index (χ0v) is 12.5. The van der Waals surface area contributed by atoms with Crippen molar-refractivity contribution in [1.29, 1.82) is 0 Å². The van der Waals surface area contributed by atoms with E-state index in [1.807, 2.05) is 18.0 Å². The summed E-state index contributed by atoms with van der Waals surface area (Å²) in [5.41, 5.74) is 1.18. The third-order valence-corrected chi connectivity index (χ3v) is 3.79. The molecule has 104 valence electrons. The van der Waals surface area contributed by atoms with Crippen molar-refractivity contribution >= 4 is 6.03 Å². The molecule has 1 N–H and O–H groups in total. The molecule has 2 amide bonds. The summed E-state index contributed by atoms with van der Waals surface area (Å²) in [6.45, 7) is 11.0. The highest BCUT2D eigenvalue weighted by Crippen LogP contribution is 2.30. The fraction of sp³-hybridized carbons (Fsp3) is 0.800. The lowest BCUT2D eigenvalue weighted by atomic mass is 10.0. The molecule has 0 heterocycles. The highest BCUT2D eigenvalue weighted by atomic mass is 16.2. The number of carbonyl (C=O) groups excluding carboxylic acids is 1. The number of urea groups is 1. The van der Waals surface area contributed by atoms with Crippen molar-refractivity contribution in [1.82, 2.24) is 10.2 Å². The van der Waals surface area contributed by atoms with Crippen LogP contribution in [0.15, 0.2) is 11.8 Å². The summed E-state index contributed by atoms with van der Waals surface area (Å²) in [6, 6.07) is 0.00217. The Labute approximate surface area is 112 Å². The van der Waals surface area contributed by atoms with Crippen LogP contribution >= 0.6 is 0 Å². The van der Waals surface area contributed by atoms with Crippen molar-refractivity contribution in [2.24, 2.45) is 5.92 Å². The number of nitrogens with zero attached hydrogens (tertiary/aromatic N) is 1. The highest BCUT2D eigenvalue weighted by molar-refractivity contribution is 5.76. The van der Waals surface area contributed by atoms with Gasteiger partial charge in [-0.3, -0.25) is 0 Å². The average Bonchev–Trinajstić information content (AvgIpc) is 2.78. The molecule has 0 aromatic carbocycles. The predicted octanol–water partition coefficient (Wildman–Crippen LogP) is 3.91. The van der Waals surface area contributed by atoms with Gasteiger partial charge in [-0.25, -0.2) is 4.79 Å². The Morgan fingerprint density at radius 3 is 2.33 bits per heavy atom. The summed E-state index contributed by atoms with van der Waals surface area (Å²) in [5.74, 6) is 0.676. The number of nitrogens with one attached hydrogen (secondary N) is 1. The summed E-state index contributed by atoms with van der Waals surface area (Å²) in [7, 11) is 0. The number of carbonyl (C=O) groups is 1. The van der Waals surface area contributed by atoms with Gasteiger partial charge in [-0.2, -0.15) is 0 Å². The molecule has 0 unspecified atom stereocenters. The largest absolute Gasteiger partial charge is 0.321 e. The quantitative estimate of drug-likeness (QED) is 0.811. The minimum absolute atomic E-state index is 0.00217. The maximum atomic E-state index is 12.1. The van der Waals surface area contributed by atoms with E-state index in [1.54, 1.807) is 0 Å². The van der Waals surface area contributed by atoms with E-state index in [0.717, 1.165) is 6.54 Å². The number of hydrogen-bond acceptors (Lipinski definition) is 1. The molecule has 0 radical (unpaired) electrons. The highest BCUT2D eigenvalue weighted by Gasteiger charge is 2.24. The molecule has 3 heteroatoms. The van der Waals surface area contributed by atoms with Crippen LogP contribution in [0.25, 0.3) is 0 Å². The van der Waals surface area contributed by atoms with E-state index in [9.17, 15) is 4.79 Å². The molecule has 0 atom stereocenters. The van der Waals surface area contributed by atoms with Gasteiger partial charge in [0.05, 0.1) is 0 Å². The van der Waals surface area contributed by atoms with Gasteiger partial charge in [0.2, 0.25) is 0 Å². The maximum absolute atomic E-state index is 12.1. The number of rotatable bonds is 3. The van der Waals surface area contributed by atoms with Crippen LogP contribution in [-0.2, 0) is 0 Å². The summed E-state index contributed by atoms with van der Waals surface area (Å²) < 4.78 is 0. The minimum atomic E-state index is -0.131. The van der Waals surface area contributed by atoms with Gasteiger partial charge < -0.3 is 10.2 Å².